The molecule has 3 rings (SSSR count). The Kier molecular flexibility index (Phi) is 7.92. The molecule has 0 fully saturated rings. The van der Waals surface area contributed by atoms with Gasteiger partial charge in [0.2, 0.25) is 5.95 Å². The number of hydrogen-bond acceptors (Lipinski definition) is 5. The van der Waals surface area contributed by atoms with Crippen molar-refractivity contribution in [3.05, 3.63) is 65.9 Å². The molecule has 0 radical (unpaired) electrons. The van der Waals surface area contributed by atoms with E-state index in [-0.39, 0.29) is 11.8 Å². The molecule has 0 atom stereocenters. The Labute approximate surface area is 186 Å². The first-order valence-corrected chi connectivity index (χ1v) is 10.6. The number of benzene rings is 2. The number of hydrogen-bond donors (Lipinski definition) is 2. The second-order valence-electron chi connectivity index (χ2n) is 7.45. The van der Waals surface area contributed by atoms with E-state index in [9.17, 15) is 13.2 Å². The zero-order valence-corrected chi connectivity index (χ0v) is 18.2. The Morgan fingerprint density at radius 1 is 0.938 bits per heavy atom. The average molecular weight is 445 g/mol. The fourth-order valence-electron chi connectivity index (χ4n) is 3.07. The van der Waals surface area contributed by atoms with Gasteiger partial charge in [-0.1, -0.05) is 44.4 Å². The number of aromatic nitrogens is 2. The van der Waals surface area contributed by atoms with Crippen molar-refractivity contribution in [3.8, 4) is 5.75 Å². The molecule has 32 heavy (non-hydrogen) atoms. The Morgan fingerprint density at radius 2 is 1.69 bits per heavy atom. The highest BCUT2D eigenvalue weighted by Crippen LogP contribution is 2.35. The molecule has 0 saturated heterocycles. The number of aryl methyl sites for hydroxylation is 1. The number of nitrogens with one attached hydrogen (secondary N) is 2. The van der Waals surface area contributed by atoms with Gasteiger partial charge < -0.3 is 15.4 Å². The van der Waals surface area contributed by atoms with E-state index < -0.39 is 11.7 Å². The smallest absolute Gasteiger partial charge is 0.421 e. The van der Waals surface area contributed by atoms with E-state index in [1.807, 2.05) is 31.2 Å². The molecule has 0 saturated carbocycles. The number of ether oxygens (including phenoxy) is 1. The molecule has 0 aliphatic carbocycles. The van der Waals surface area contributed by atoms with Gasteiger partial charge in [0.1, 0.15) is 17.1 Å². The molecule has 0 amide bonds. The molecule has 5 nitrogen and oxygen atoms in total. The summed E-state index contributed by atoms with van der Waals surface area (Å²) in [6.07, 6.45) is 0.608. The van der Waals surface area contributed by atoms with Crippen molar-refractivity contribution >= 4 is 23.1 Å². The quantitative estimate of drug-likeness (QED) is 0.323. The zero-order chi connectivity index (χ0) is 23.0. The predicted molar refractivity (Wildman–Crippen MR) is 121 cm³/mol. The SMILES string of the molecule is CCCCCCOc1ccc(Nc2nc(Nc3ccccc3C)ncc2C(F)(F)F)cc1. The summed E-state index contributed by atoms with van der Waals surface area (Å²) in [6, 6.07) is 14.2. The van der Waals surface area contributed by atoms with Gasteiger partial charge in [-0.25, -0.2) is 4.98 Å². The summed E-state index contributed by atoms with van der Waals surface area (Å²) in [5.41, 5.74) is 1.17. The van der Waals surface area contributed by atoms with Crippen molar-refractivity contribution in [1.29, 1.82) is 0 Å². The summed E-state index contributed by atoms with van der Waals surface area (Å²) in [6.45, 7) is 4.65. The van der Waals surface area contributed by atoms with Crippen LogP contribution < -0.4 is 15.4 Å². The molecule has 170 valence electrons. The molecule has 0 bridgehead atoms. The number of nitrogens with zero attached hydrogens (tertiary/aromatic N) is 2. The van der Waals surface area contributed by atoms with Gasteiger partial charge in [0.25, 0.3) is 0 Å². The van der Waals surface area contributed by atoms with E-state index in [1.165, 1.54) is 6.42 Å². The first-order valence-electron chi connectivity index (χ1n) is 10.6. The van der Waals surface area contributed by atoms with E-state index in [4.69, 9.17) is 4.74 Å². The third kappa shape index (κ3) is 6.60. The van der Waals surface area contributed by atoms with Crippen LogP contribution in [0.15, 0.2) is 54.7 Å². The number of unbranched alkanes of at least 4 members (excludes halogenated alkanes) is 3. The maximum atomic E-state index is 13.5. The lowest BCUT2D eigenvalue weighted by Crippen LogP contribution is -2.12. The van der Waals surface area contributed by atoms with Crippen LogP contribution in [0.25, 0.3) is 0 Å². The van der Waals surface area contributed by atoms with E-state index >= 15 is 0 Å². The second kappa shape index (κ2) is 10.8. The second-order valence-corrected chi connectivity index (χ2v) is 7.45. The van der Waals surface area contributed by atoms with Gasteiger partial charge in [-0.05, 0) is 49.2 Å². The largest absolute Gasteiger partial charge is 0.494 e. The van der Waals surface area contributed by atoms with Crippen LogP contribution in [0.3, 0.4) is 0 Å². The summed E-state index contributed by atoms with van der Waals surface area (Å²) in [4.78, 5) is 7.94. The summed E-state index contributed by atoms with van der Waals surface area (Å²) in [5, 5.41) is 5.74. The molecule has 1 aromatic heterocycles. The van der Waals surface area contributed by atoms with E-state index in [0.717, 1.165) is 36.7 Å². The molecular weight excluding hydrogens is 417 g/mol. The minimum atomic E-state index is -4.59. The third-order valence-electron chi connectivity index (χ3n) is 4.87. The first-order chi connectivity index (χ1) is 15.4. The first kappa shape index (κ1) is 23.4. The maximum absolute atomic E-state index is 13.5. The van der Waals surface area contributed by atoms with E-state index in [2.05, 4.69) is 27.5 Å². The fraction of sp³-hybridized carbons (Fsp3) is 0.333. The van der Waals surface area contributed by atoms with Gasteiger partial charge in [-0.2, -0.15) is 18.2 Å². The lowest BCUT2D eigenvalue weighted by Gasteiger charge is -2.15. The molecule has 0 unspecified atom stereocenters. The lowest BCUT2D eigenvalue weighted by molar-refractivity contribution is -0.137. The Balaban J connectivity index is 1.74. The summed E-state index contributed by atoms with van der Waals surface area (Å²) < 4.78 is 46.2. The fourth-order valence-corrected chi connectivity index (χ4v) is 3.07. The van der Waals surface area contributed by atoms with Gasteiger partial charge in [0.05, 0.1) is 6.61 Å². The Bertz CT molecular complexity index is 1010. The van der Waals surface area contributed by atoms with Crippen LogP contribution in [0.1, 0.15) is 43.7 Å². The highest BCUT2D eigenvalue weighted by atomic mass is 19.4. The van der Waals surface area contributed by atoms with Gasteiger partial charge >= 0.3 is 6.18 Å². The third-order valence-corrected chi connectivity index (χ3v) is 4.87. The highest BCUT2D eigenvalue weighted by molar-refractivity contribution is 5.64. The van der Waals surface area contributed by atoms with Gasteiger partial charge in [0, 0.05) is 17.6 Å². The van der Waals surface area contributed by atoms with Gasteiger partial charge in [-0.3, -0.25) is 0 Å². The van der Waals surface area contributed by atoms with Crippen LogP contribution >= 0.6 is 0 Å². The average Bonchev–Trinajstić information content (AvgIpc) is 2.76. The number of alkyl halides is 3. The summed E-state index contributed by atoms with van der Waals surface area (Å²) in [7, 11) is 0. The molecule has 2 aromatic carbocycles. The number of anilines is 4. The number of halogens is 3. The van der Waals surface area contributed by atoms with Crippen LogP contribution in [-0.2, 0) is 6.18 Å². The maximum Gasteiger partial charge on any atom is 0.421 e. The van der Waals surface area contributed by atoms with Crippen molar-refractivity contribution in [2.24, 2.45) is 0 Å². The van der Waals surface area contributed by atoms with Crippen LogP contribution in [-0.4, -0.2) is 16.6 Å². The van der Waals surface area contributed by atoms with Crippen molar-refractivity contribution in [3.63, 3.8) is 0 Å². The predicted octanol–water partition coefficient (Wildman–Crippen LogP) is 7.25. The number of para-hydroxylation sites is 1. The van der Waals surface area contributed by atoms with Crippen LogP contribution in [0.4, 0.5) is 36.3 Å². The van der Waals surface area contributed by atoms with Crippen molar-refractivity contribution in [1.82, 2.24) is 9.97 Å². The topological polar surface area (TPSA) is 59.1 Å². The van der Waals surface area contributed by atoms with Crippen molar-refractivity contribution < 1.29 is 17.9 Å². The molecule has 0 aliphatic rings. The van der Waals surface area contributed by atoms with Gasteiger partial charge in [-0.15, -0.1) is 0 Å². The minimum Gasteiger partial charge on any atom is -0.494 e. The Morgan fingerprint density at radius 3 is 2.38 bits per heavy atom. The molecule has 1 heterocycles. The molecule has 8 heteroatoms. The normalized spacial score (nSPS) is 11.3. The van der Waals surface area contributed by atoms with Crippen LogP contribution in [0.2, 0.25) is 0 Å². The van der Waals surface area contributed by atoms with Crippen molar-refractivity contribution in [2.45, 2.75) is 45.7 Å². The highest BCUT2D eigenvalue weighted by Gasteiger charge is 2.35. The minimum absolute atomic E-state index is 0.0711. The molecule has 0 aliphatic heterocycles. The van der Waals surface area contributed by atoms with E-state index in [1.54, 1.807) is 24.3 Å². The van der Waals surface area contributed by atoms with Crippen LogP contribution in [0.5, 0.6) is 5.75 Å². The summed E-state index contributed by atoms with van der Waals surface area (Å²) in [5.74, 6) is 0.423. The van der Waals surface area contributed by atoms with Crippen LogP contribution in [0, 0.1) is 6.92 Å². The molecular formula is C24H27F3N4O. The van der Waals surface area contributed by atoms with Crippen molar-refractivity contribution in [2.75, 3.05) is 17.2 Å². The Hall–Kier alpha value is -3.29. The lowest BCUT2D eigenvalue weighted by atomic mass is 10.2. The zero-order valence-electron chi connectivity index (χ0n) is 18.2. The number of rotatable bonds is 10. The molecule has 0 spiro atoms. The molecule has 3 aromatic rings. The van der Waals surface area contributed by atoms with Gasteiger partial charge in [0.15, 0.2) is 0 Å². The monoisotopic (exact) mass is 444 g/mol. The standard InChI is InChI=1S/C24H27F3N4O/c1-3-4-5-8-15-32-19-13-11-18(12-14-19)29-22-20(24(25,26)27)16-28-23(31-22)30-21-10-7-6-9-17(21)2/h6-7,9-14,16H,3-5,8,15H2,1-2H3,(H2,28,29,30,31). The summed E-state index contributed by atoms with van der Waals surface area (Å²) >= 11 is 0. The molecule has 2 N–H and O–H groups in total. The van der Waals surface area contributed by atoms with E-state index in [0.29, 0.717) is 18.0 Å².